The maximum Gasteiger partial charge on any atom is 0.145 e. The zero-order chi connectivity index (χ0) is 13.9. The average molecular weight is 290 g/mol. The number of ether oxygens (including phenoxy) is 2. The van der Waals surface area contributed by atoms with E-state index >= 15 is 0 Å². The molecule has 0 saturated carbocycles. The molecule has 0 saturated heterocycles. The summed E-state index contributed by atoms with van der Waals surface area (Å²) in [6.07, 6.45) is -0.0635. The van der Waals surface area contributed by atoms with Gasteiger partial charge in [0.2, 0.25) is 0 Å². The molecule has 1 N–H and O–H groups in total. The van der Waals surface area contributed by atoms with Crippen LogP contribution < -0.4 is 14.8 Å². The van der Waals surface area contributed by atoms with E-state index in [-0.39, 0.29) is 6.10 Å². The van der Waals surface area contributed by atoms with Gasteiger partial charge in [0.1, 0.15) is 17.6 Å². The first-order valence-corrected chi connectivity index (χ1v) is 7.07. The number of benzene rings is 2. The van der Waals surface area contributed by atoms with Crippen molar-refractivity contribution in [3.8, 4) is 11.5 Å². The summed E-state index contributed by atoms with van der Waals surface area (Å²) >= 11 is 5.98. The SMILES string of the molecule is CCOc1ccccc1C1CNc2cc(Cl)ccc2O1. The van der Waals surface area contributed by atoms with Crippen LogP contribution in [0.15, 0.2) is 42.5 Å². The molecule has 1 heterocycles. The topological polar surface area (TPSA) is 30.5 Å². The first-order valence-electron chi connectivity index (χ1n) is 6.69. The van der Waals surface area contributed by atoms with Gasteiger partial charge in [0.25, 0.3) is 0 Å². The Labute approximate surface area is 123 Å². The van der Waals surface area contributed by atoms with Crippen molar-refractivity contribution >= 4 is 17.3 Å². The summed E-state index contributed by atoms with van der Waals surface area (Å²) in [6, 6.07) is 13.6. The van der Waals surface area contributed by atoms with E-state index in [0.717, 1.165) is 22.7 Å². The molecule has 0 radical (unpaired) electrons. The third-order valence-corrected chi connectivity index (χ3v) is 3.49. The van der Waals surface area contributed by atoms with Crippen LogP contribution >= 0.6 is 11.6 Å². The summed E-state index contributed by atoms with van der Waals surface area (Å²) in [6.45, 7) is 3.31. The Hall–Kier alpha value is -1.87. The monoisotopic (exact) mass is 289 g/mol. The van der Waals surface area contributed by atoms with Crippen molar-refractivity contribution in [2.75, 3.05) is 18.5 Å². The molecule has 20 heavy (non-hydrogen) atoms. The van der Waals surface area contributed by atoms with Crippen LogP contribution in [-0.4, -0.2) is 13.2 Å². The second-order valence-electron chi connectivity index (χ2n) is 4.60. The Kier molecular flexibility index (Phi) is 3.70. The van der Waals surface area contributed by atoms with Gasteiger partial charge in [-0.15, -0.1) is 0 Å². The van der Waals surface area contributed by atoms with Gasteiger partial charge in [0, 0.05) is 10.6 Å². The van der Waals surface area contributed by atoms with Crippen molar-refractivity contribution < 1.29 is 9.47 Å². The average Bonchev–Trinajstić information content (AvgIpc) is 2.48. The Morgan fingerprint density at radius 1 is 1.30 bits per heavy atom. The highest BCUT2D eigenvalue weighted by Crippen LogP contribution is 2.38. The highest BCUT2D eigenvalue weighted by Gasteiger charge is 2.23. The van der Waals surface area contributed by atoms with E-state index in [0.29, 0.717) is 18.2 Å². The van der Waals surface area contributed by atoms with Crippen LogP contribution in [0.1, 0.15) is 18.6 Å². The standard InChI is InChI=1S/C16H16ClNO2/c1-2-19-14-6-4-3-5-12(14)16-10-18-13-9-11(17)7-8-15(13)20-16/h3-9,16,18H,2,10H2,1H3. The molecule has 0 bridgehead atoms. The Balaban J connectivity index is 1.88. The Morgan fingerprint density at radius 2 is 2.15 bits per heavy atom. The summed E-state index contributed by atoms with van der Waals surface area (Å²) in [7, 11) is 0. The number of fused-ring (bicyclic) bond motifs is 1. The maximum absolute atomic E-state index is 6.06. The predicted octanol–water partition coefficient (Wildman–Crippen LogP) is 4.28. The third kappa shape index (κ3) is 2.54. The van der Waals surface area contributed by atoms with Crippen molar-refractivity contribution in [2.24, 2.45) is 0 Å². The summed E-state index contributed by atoms with van der Waals surface area (Å²) in [5, 5.41) is 4.06. The first kappa shape index (κ1) is 13.1. The minimum atomic E-state index is -0.0635. The lowest BCUT2D eigenvalue weighted by atomic mass is 10.1. The minimum Gasteiger partial charge on any atom is -0.493 e. The van der Waals surface area contributed by atoms with E-state index < -0.39 is 0 Å². The van der Waals surface area contributed by atoms with E-state index in [2.05, 4.69) is 5.32 Å². The molecule has 2 aromatic rings. The van der Waals surface area contributed by atoms with Crippen LogP contribution in [0, 0.1) is 0 Å². The van der Waals surface area contributed by atoms with Gasteiger partial charge in [-0.3, -0.25) is 0 Å². The molecule has 1 aliphatic rings. The zero-order valence-corrected chi connectivity index (χ0v) is 12.0. The lowest BCUT2D eigenvalue weighted by Gasteiger charge is -2.28. The molecule has 4 heteroatoms. The second kappa shape index (κ2) is 5.63. The summed E-state index contributed by atoms with van der Waals surface area (Å²) in [4.78, 5) is 0. The number of halogens is 1. The Bertz CT molecular complexity index is 615. The molecule has 2 aromatic carbocycles. The van der Waals surface area contributed by atoms with Crippen molar-refractivity contribution in [3.05, 3.63) is 53.1 Å². The van der Waals surface area contributed by atoms with E-state index in [4.69, 9.17) is 21.1 Å². The van der Waals surface area contributed by atoms with Gasteiger partial charge >= 0.3 is 0 Å². The van der Waals surface area contributed by atoms with Crippen LogP contribution in [-0.2, 0) is 0 Å². The molecule has 0 fully saturated rings. The van der Waals surface area contributed by atoms with E-state index in [9.17, 15) is 0 Å². The number of anilines is 1. The lowest BCUT2D eigenvalue weighted by Crippen LogP contribution is -2.24. The number of nitrogens with one attached hydrogen (secondary N) is 1. The fraction of sp³-hybridized carbons (Fsp3) is 0.250. The first-order chi connectivity index (χ1) is 9.78. The van der Waals surface area contributed by atoms with Gasteiger partial charge in [-0.25, -0.2) is 0 Å². The fourth-order valence-corrected chi connectivity index (χ4v) is 2.52. The molecule has 104 valence electrons. The van der Waals surface area contributed by atoms with Crippen LogP contribution in [0.2, 0.25) is 5.02 Å². The molecular weight excluding hydrogens is 274 g/mol. The summed E-state index contributed by atoms with van der Waals surface area (Å²) in [5.41, 5.74) is 1.99. The number of para-hydroxylation sites is 1. The molecule has 0 spiro atoms. The van der Waals surface area contributed by atoms with E-state index in [1.54, 1.807) is 0 Å². The normalized spacial score (nSPS) is 16.8. The van der Waals surface area contributed by atoms with E-state index in [1.807, 2.05) is 49.4 Å². The molecule has 3 nitrogen and oxygen atoms in total. The summed E-state index contributed by atoms with van der Waals surface area (Å²) in [5.74, 6) is 1.69. The van der Waals surface area contributed by atoms with Crippen molar-refractivity contribution in [1.82, 2.24) is 0 Å². The van der Waals surface area contributed by atoms with Crippen molar-refractivity contribution in [3.63, 3.8) is 0 Å². The van der Waals surface area contributed by atoms with Gasteiger partial charge < -0.3 is 14.8 Å². The highest BCUT2D eigenvalue weighted by molar-refractivity contribution is 6.30. The van der Waals surface area contributed by atoms with Gasteiger partial charge in [-0.05, 0) is 31.2 Å². The zero-order valence-electron chi connectivity index (χ0n) is 11.2. The predicted molar refractivity (Wildman–Crippen MR) is 80.9 cm³/mol. The molecule has 1 aliphatic heterocycles. The van der Waals surface area contributed by atoms with Crippen LogP contribution in [0.5, 0.6) is 11.5 Å². The molecule has 0 amide bonds. The smallest absolute Gasteiger partial charge is 0.145 e. The number of hydrogen-bond donors (Lipinski definition) is 1. The molecule has 0 aromatic heterocycles. The van der Waals surface area contributed by atoms with Gasteiger partial charge in [0.15, 0.2) is 0 Å². The van der Waals surface area contributed by atoms with E-state index in [1.165, 1.54) is 0 Å². The molecule has 0 aliphatic carbocycles. The number of hydrogen-bond acceptors (Lipinski definition) is 3. The van der Waals surface area contributed by atoms with Crippen molar-refractivity contribution in [1.29, 1.82) is 0 Å². The Morgan fingerprint density at radius 3 is 3.00 bits per heavy atom. The molecule has 1 atom stereocenters. The number of rotatable bonds is 3. The van der Waals surface area contributed by atoms with Gasteiger partial charge in [0.05, 0.1) is 18.8 Å². The van der Waals surface area contributed by atoms with Crippen LogP contribution in [0.3, 0.4) is 0 Å². The summed E-state index contributed by atoms with van der Waals surface area (Å²) < 4.78 is 11.7. The molecule has 1 unspecified atom stereocenters. The maximum atomic E-state index is 6.06. The minimum absolute atomic E-state index is 0.0635. The lowest BCUT2D eigenvalue weighted by molar-refractivity contribution is 0.203. The highest BCUT2D eigenvalue weighted by atomic mass is 35.5. The van der Waals surface area contributed by atoms with Crippen LogP contribution in [0.25, 0.3) is 0 Å². The quantitative estimate of drug-likeness (QED) is 0.914. The molecule has 3 rings (SSSR count). The van der Waals surface area contributed by atoms with Gasteiger partial charge in [-0.1, -0.05) is 29.8 Å². The second-order valence-corrected chi connectivity index (χ2v) is 5.04. The fourth-order valence-electron chi connectivity index (χ4n) is 2.35. The van der Waals surface area contributed by atoms with Crippen molar-refractivity contribution in [2.45, 2.75) is 13.0 Å². The third-order valence-electron chi connectivity index (χ3n) is 3.25. The largest absolute Gasteiger partial charge is 0.493 e. The molecular formula is C16H16ClNO2. The van der Waals surface area contributed by atoms with Gasteiger partial charge in [-0.2, -0.15) is 0 Å². The van der Waals surface area contributed by atoms with Crippen LogP contribution in [0.4, 0.5) is 5.69 Å².